The van der Waals surface area contributed by atoms with Gasteiger partial charge in [-0.15, -0.1) is 0 Å². The lowest BCUT2D eigenvalue weighted by Crippen LogP contribution is -2.50. The number of alkyl carbamates (subject to hydrolysis) is 1. The van der Waals surface area contributed by atoms with Crippen molar-refractivity contribution in [3.8, 4) is 11.1 Å². The van der Waals surface area contributed by atoms with Crippen LogP contribution in [0.3, 0.4) is 0 Å². The number of aliphatic carboxylic acids is 1. The Morgan fingerprint density at radius 1 is 0.969 bits per heavy atom. The normalized spacial score (nSPS) is 14.6. The zero-order chi connectivity index (χ0) is 23.5. The van der Waals surface area contributed by atoms with Crippen molar-refractivity contribution >= 4 is 18.0 Å². The average molecular weight is 439 g/mol. The Kier molecular flexibility index (Phi) is 6.87. The van der Waals surface area contributed by atoms with E-state index in [1.165, 1.54) is 0 Å². The van der Waals surface area contributed by atoms with Crippen molar-refractivity contribution in [3.63, 3.8) is 0 Å². The van der Waals surface area contributed by atoms with Crippen LogP contribution in [0.15, 0.2) is 48.5 Å². The molecule has 0 saturated heterocycles. The molecule has 0 radical (unpaired) electrons. The molecule has 2 amide bonds. The first kappa shape index (κ1) is 23.3. The summed E-state index contributed by atoms with van der Waals surface area (Å²) in [5, 5.41) is 14.5. The van der Waals surface area contributed by atoms with E-state index in [1.807, 2.05) is 36.4 Å². The van der Waals surface area contributed by atoms with Gasteiger partial charge in [-0.05, 0) is 34.6 Å². The van der Waals surface area contributed by atoms with Gasteiger partial charge in [0.15, 0.2) is 0 Å². The van der Waals surface area contributed by atoms with E-state index in [9.17, 15) is 19.5 Å². The molecule has 0 bridgehead atoms. The second-order valence-electron chi connectivity index (χ2n) is 9.28. The smallest absolute Gasteiger partial charge is 0.407 e. The summed E-state index contributed by atoms with van der Waals surface area (Å²) >= 11 is 0. The van der Waals surface area contributed by atoms with Crippen molar-refractivity contribution in [2.45, 2.75) is 52.1 Å². The van der Waals surface area contributed by atoms with Crippen LogP contribution in [0.25, 0.3) is 11.1 Å². The van der Waals surface area contributed by atoms with Crippen LogP contribution in [0.2, 0.25) is 0 Å². The Labute approximate surface area is 188 Å². The van der Waals surface area contributed by atoms with E-state index in [2.05, 4.69) is 22.8 Å². The number of hydrogen-bond donors (Lipinski definition) is 3. The summed E-state index contributed by atoms with van der Waals surface area (Å²) in [5.41, 5.74) is 3.90. The van der Waals surface area contributed by atoms with Crippen molar-refractivity contribution in [3.05, 3.63) is 59.7 Å². The third kappa shape index (κ3) is 5.28. The second-order valence-corrected chi connectivity index (χ2v) is 9.28. The maximum Gasteiger partial charge on any atom is 0.407 e. The van der Waals surface area contributed by atoms with E-state index in [4.69, 9.17) is 4.74 Å². The standard InChI is InChI=1S/C25H30N2O5/c1-15(13-21(28)27-22(23(29)30)25(2,3)4)26-24(31)32-14-20-18-11-7-5-9-16(18)17-10-6-8-12-19(17)20/h5-12,15,20,22H,13-14H2,1-4H3,(H,26,31)(H,27,28)(H,29,30). The molecule has 1 aliphatic carbocycles. The maximum atomic E-state index is 12.3. The van der Waals surface area contributed by atoms with Gasteiger partial charge in [-0.1, -0.05) is 69.3 Å². The molecule has 7 nitrogen and oxygen atoms in total. The van der Waals surface area contributed by atoms with Gasteiger partial charge >= 0.3 is 12.1 Å². The molecular formula is C25H30N2O5. The highest BCUT2D eigenvalue weighted by Gasteiger charge is 2.33. The van der Waals surface area contributed by atoms with Gasteiger partial charge in [0.05, 0.1) is 0 Å². The summed E-state index contributed by atoms with van der Waals surface area (Å²) in [4.78, 5) is 36.0. The Bertz CT molecular complexity index is 966. The number of hydrogen-bond acceptors (Lipinski definition) is 4. The van der Waals surface area contributed by atoms with E-state index in [1.54, 1.807) is 27.7 Å². The molecule has 0 heterocycles. The van der Waals surface area contributed by atoms with Crippen LogP contribution in [-0.2, 0) is 14.3 Å². The summed E-state index contributed by atoms with van der Waals surface area (Å²) in [5.74, 6) is -1.59. The number of fused-ring (bicyclic) bond motifs is 3. The number of benzene rings is 2. The molecule has 2 unspecified atom stereocenters. The Morgan fingerprint density at radius 3 is 2.00 bits per heavy atom. The third-order valence-corrected chi connectivity index (χ3v) is 5.62. The van der Waals surface area contributed by atoms with E-state index >= 15 is 0 Å². The molecule has 3 N–H and O–H groups in total. The van der Waals surface area contributed by atoms with Gasteiger partial charge in [-0.3, -0.25) is 4.79 Å². The Morgan fingerprint density at radius 2 is 1.50 bits per heavy atom. The lowest BCUT2D eigenvalue weighted by molar-refractivity contribution is -0.145. The Hall–Kier alpha value is -3.35. The molecule has 0 aromatic heterocycles. The number of carboxylic acid groups (broad SMARTS) is 1. The first-order chi connectivity index (χ1) is 15.1. The molecule has 2 aromatic rings. The zero-order valence-electron chi connectivity index (χ0n) is 18.8. The summed E-state index contributed by atoms with van der Waals surface area (Å²) in [6, 6.07) is 14.6. The fourth-order valence-electron chi connectivity index (χ4n) is 4.04. The fourth-order valence-corrected chi connectivity index (χ4v) is 4.04. The predicted octanol–water partition coefficient (Wildman–Crippen LogP) is 3.92. The van der Waals surface area contributed by atoms with E-state index in [-0.39, 0.29) is 18.9 Å². The summed E-state index contributed by atoms with van der Waals surface area (Å²) < 4.78 is 5.49. The lowest BCUT2D eigenvalue weighted by Gasteiger charge is -2.28. The second kappa shape index (κ2) is 9.42. The molecule has 170 valence electrons. The van der Waals surface area contributed by atoms with Crippen molar-refractivity contribution < 1.29 is 24.2 Å². The number of carbonyl (C=O) groups excluding carboxylic acids is 2. The van der Waals surface area contributed by atoms with Crippen molar-refractivity contribution in [2.24, 2.45) is 5.41 Å². The van der Waals surface area contributed by atoms with Gasteiger partial charge in [0, 0.05) is 18.4 Å². The first-order valence-electron chi connectivity index (χ1n) is 10.7. The number of carbonyl (C=O) groups is 3. The molecular weight excluding hydrogens is 408 g/mol. The van der Waals surface area contributed by atoms with Gasteiger partial charge in [0.1, 0.15) is 12.6 Å². The van der Waals surface area contributed by atoms with Crippen LogP contribution < -0.4 is 10.6 Å². The number of amides is 2. The van der Waals surface area contributed by atoms with E-state index < -0.39 is 35.5 Å². The van der Waals surface area contributed by atoms with Crippen LogP contribution >= 0.6 is 0 Å². The molecule has 7 heteroatoms. The maximum absolute atomic E-state index is 12.3. The highest BCUT2D eigenvalue weighted by molar-refractivity contribution is 5.84. The molecule has 0 spiro atoms. The number of ether oxygens (including phenoxy) is 1. The van der Waals surface area contributed by atoms with Gasteiger partial charge in [0.2, 0.25) is 5.91 Å². The molecule has 0 aliphatic heterocycles. The monoisotopic (exact) mass is 438 g/mol. The van der Waals surface area contributed by atoms with Gasteiger partial charge in [-0.25, -0.2) is 9.59 Å². The highest BCUT2D eigenvalue weighted by atomic mass is 16.5. The van der Waals surface area contributed by atoms with Crippen LogP contribution in [-0.4, -0.2) is 41.8 Å². The summed E-state index contributed by atoms with van der Waals surface area (Å²) in [6.07, 6.45) is -0.665. The molecule has 0 fully saturated rings. The number of carboxylic acids is 1. The topological polar surface area (TPSA) is 105 Å². The van der Waals surface area contributed by atoms with Crippen molar-refractivity contribution in [1.29, 1.82) is 0 Å². The quantitative estimate of drug-likeness (QED) is 0.608. The Balaban J connectivity index is 1.54. The average Bonchev–Trinajstić information content (AvgIpc) is 3.03. The SMILES string of the molecule is CC(CC(=O)NC(C(=O)O)C(C)(C)C)NC(=O)OCC1c2ccccc2-c2ccccc21. The predicted molar refractivity (Wildman–Crippen MR) is 121 cm³/mol. The minimum atomic E-state index is -1.09. The van der Waals surface area contributed by atoms with E-state index in [0.717, 1.165) is 22.3 Å². The number of nitrogens with one attached hydrogen (secondary N) is 2. The highest BCUT2D eigenvalue weighted by Crippen LogP contribution is 2.44. The first-order valence-corrected chi connectivity index (χ1v) is 10.7. The lowest BCUT2D eigenvalue weighted by atomic mass is 9.86. The minimum Gasteiger partial charge on any atom is -0.480 e. The van der Waals surface area contributed by atoms with Gasteiger partial charge in [0.25, 0.3) is 0 Å². The molecule has 32 heavy (non-hydrogen) atoms. The van der Waals surface area contributed by atoms with Crippen LogP contribution in [0.4, 0.5) is 4.79 Å². The molecule has 1 aliphatic rings. The summed E-state index contributed by atoms with van der Waals surface area (Å²) in [6.45, 7) is 7.08. The van der Waals surface area contributed by atoms with Gasteiger partial charge in [-0.2, -0.15) is 0 Å². The molecule has 2 aromatic carbocycles. The van der Waals surface area contributed by atoms with Crippen LogP contribution in [0.1, 0.15) is 51.2 Å². The van der Waals surface area contributed by atoms with Crippen molar-refractivity contribution in [2.75, 3.05) is 6.61 Å². The van der Waals surface area contributed by atoms with Crippen LogP contribution in [0, 0.1) is 5.41 Å². The number of rotatable bonds is 7. The van der Waals surface area contributed by atoms with Crippen LogP contribution in [0.5, 0.6) is 0 Å². The molecule has 0 saturated carbocycles. The largest absolute Gasteiger partial charge is 0.480 e. The van der Waals surface area contributed by atoms with Crippen molar-refractivity contribution in [1.82, 2.24) is 10.6 Å². The van der Waals surface area contributed by atoms with E-state index in [0.29, 0.717) is 0 Å². The zero-order valence-corrected chi connectivity index (χ0v) is 18.8. The fraction of sp³-hybridized carbons (Fsp3) is 0.400. The third-order valence-electron chi connectivity index (χ3n) is 5.62. The molecule has 3 rings (SSSR count). The van der Waals surface area contributed by atoms with Gasteiger partial charge < -0.3 is 20.5 Å². The molecule has 2 atom stereocenters. The minimum absolute atomic E-state index is 0.0464. The summed E-state index contributed by atoms with van der Waals surface area (Å²) in [7, 11) is 0.